The Hall–Kier alpha value is -0.900. The molecule has 118 valence electrons. The van der Waals surface area contributed by atoms with Crippen LogP contribution in [-0.2, 0) is 6.42 Å². The van der Waals surface area contributed by atoms with E-state index in [0.29, 0.717) is 12.1 Å². The summed E-state index contributed by atoms with van der Waals surface area (Å²) in [6, 6.07) is 10.2. The maximum Gasteiger partial charge on any atom is 0.0446 e. The molecule has 1 fully saturated rings. The van der Waals surface area contributed by atoms with Crippen LogP contribution in [0.1, 0.15) is 36.9 Å². The van der Waals surface area contributed by atoms with E-state index in [9.17, 15) is 0 Å². The quantitative estimate of drug-likeness (QED) is 0.868. The lowest BCUT2D eigenvalue weighted by Crippen LogP contribution is -2.47. The van der Waals surface area contributed by atoms with Crippen LogP contribution in [0.2, 0.25) is 0 Å². The lowest BCUT2D eigenvalue weighted by Gasteiger charge is -2.37. The number of rotatable bonds is 6. The van der Waals surface area contributed by atoms with Crippen LogP contribution in [0, 0.1) is 0 Å². The third-order valence-corrected chi connectivity index (χ3v) is 4.79. The number of likely N-dealkylation sites (N-methyl/N-ethyl adjacent to an activating group) is 2. The Balaban J connectivity index is 1.97. The van der Waals surface area contributed by atoms with Crippen molar-refractivity contribution < 1.29 is 0 Å². The van der Waals surface area contributed by atoms with Crippen LogP contribution < -0.4 is 5.32 Å². The number of piperidine rings is 1. The molecular weight excluding hydrogens is 258 g/mol. The van der Waals surface area contributed by atoms with E-state index in [0.717, 1.165) is 13.0 Å². The Morgan fingerprint density at radius 2 is 2.00 bits per heavy atom. The molecule has 0 spiro atoms. The van der Waals surface area contributed by atoms with Crippen LogP contribution in [0.5, 0.6) is 0 Å². The Morgan fingerprint density at radius 1 is 1.29 bits per heavy atom. The molecule has 3 heteroatoms. The van der Waals surface area contributed by atoms with Crippen LogP contribution in [-0.4, -0.2) is 56.6 Å². The van der Waals surface area contributed by atoms with E-state index in [1.807, 2.05) is 0 Å². The van der Waals surface area contributed by atoms with Crippen LogP contribution >= 0.6 is 0 Å². The van der Waals surface area contributed by atoms with Crippen LogP contribution in [0.3, 0.4) is 0 Å². The van der Waals surface area contributed by atoms with Crippen molar-refractivity contribution in [1.82, 2.24) is 15.1 Å². The first kappa shape index (κ1) is 16.5. The van der Waals surface area contributed by atoms with Gasteiger partial charge in [0.1, 0.15) is 0 Å². The van der Waals surface area contributed by atoms with E-state index in [4.69, 9.17) is 0 Å². The topological polar surface area (TPSA) is 18.5 Å². The summed E-state index contributed by atoms with van der Waals surface area (Å²) in [7, 11) is 6.48. The van der Waals surface area contributed by atoms with Gasteiger partial charge >= 0.3 is 0 Å². The van der Waals surface area contributed by atoms with Gasteiger partial charge in [-0.1, -0.05) is 31.2 Å². The number of aryl methyl sites for hydroxylation is 1. The van der Waals surface area contributed by atoms with Gasteiger partial charge in [0.05, 0.1) is 0 Å². The number of likely N-dealkylation sites (tertiary alicyclic amines) is 1. The average molecular weight is 289 g/mol. The second kappa shape index (κ2) is 7.92. The molecular formula is C18H31N3. The molecule has 0 aliphatic carbocycles. The van der Waals surface area contributed by atoms with E-state index < -0.39 is 0 Å². The van der Waals surface area contributed by atoms with E-state index in [-0.39, 0.29) is 0 Å². The van der Waals surface area contributed by atoms with Gasteiger partial charge in [-0.25, -0.2) is 0 Å². The molecule has 1 saturated heterocycles. The van der Waals surface area contributed by atoms with Crippen molar-refractivity contribution >= 4 is 0 Å². The summed E-state index contributed by atoms with van der Waals surface area (Å²) in [6.07, 6.45) is 3.76. The maximum absolute atomic E-state index is 3.49. The summed E-state index contributed by atoms with van der Waals surface area (Å²) in [5.41, 5.74) is 2.82. The summed E-state index contributed by atoms with van der Waals surface area (Å²) in [5, 5.41) is 3.49. The van der Waals surface area contributed by atoms with Crippen molar-refractivity contribution in [2.75, 3.05) is 40.8 Å². The Morgan fingerprint density at radius 3 is 2.57 bits per heavy atom. The van der Waals surface area contributed by atoms with Gasteiger partial charge in [0.15, 0.2) is 0 Å². The zero-order chi connectivity index (χ0) is 15.2. The number of hydrogen-bond donors (Lipinski definition) is 1. The molecule has 0 saturated carbocycles. The average Bonchev–Trinajstić information content (AvgIpc) is 2.53. The molecule has 0 aromatic heterocycles. The van der Waals surface area contributed by atoms with Gasteiger partial charge in [0.25, 0.3) is 0 Å². The lowest BCUT2D eigenvalue weighted by molar-refractivity contribution is 0.124. The number of hydrogen-bond acceptors (Lipinski definition) is 3. The van der Waals surface area contributed by atoms with Crippen molar-refractivity contribution in [2.24, 2.45) is 0 Å². The molecule has 1 aliphatic heterocycles. The highest BCUT2D eigenvalue weighted by molar-refractivity contribution is 5.25. The molecule has 0 amide bonds. The molecule has 1 N–H and O–H groups in total. The SMILES string of the molecule is CCc1ccc(C(CN2CCCC(N(C)C)C2)NC)cc1. The Bertz CT molecular complexity index is 413. The summed E-state index contributed by atoms with van der Waals surface area (Å²) in [5.74, 6) is 0. The summed E-state index contributed by atoms with van der Waals surface area (Å²) in [4.78, 5) is 4.99. The second-order valence-electron chi connectivity index (χ2n) is 6.46. The fraction of sp³-hybridized carbons (Fsp3) is 0.667. The summed E-state index contributed by atoms with van der Waals surface area (Å²) >= 11 is 0. The van der Waals surface area contributed by atoms with Crippen molar-refractivity contribution in [1.29, 1.82) is 0 Å². The zero-order valence-corrected chi connectivity index (χ0v) is 14.1. The van der Waals surface area contributed by atoms with Gasteiger partial charge in [-0.15, -0.1) is 0 Å². The fourth-order valence-electron chi connectivity index (χ4n) is 3.23. The van der Waals surface area contributed by atoms with Crippen LogP contribution in [0.15, 0.2) is 24.3 Å². The van der Waals surface area contributed by atoms with Gasteiger partial charge in [0, 0.05) is 25.2 Å². The summed E-state index contributed by atoms with van der Waals surface area (Å²) < 4.78 is 0. The standard InChI is InChI=1S/C18H31N3/c1-5-15-8-10-16(11-9-15)18(19-2)14-21-12-6-7-17(13-21)20(3)4/h8-11,17-19H,5-7,12-14H2,1-4H3. The van der Waals surface area contributed by atoms with Gasteiger partial charge in [-0.2, -0.15) is 0 Å². The number of nitrogens with one attached hydrogen (secondary N) is 1. The van der Waals surface area contributed by atoms with E-state index >= 15 is 0 Å². The molecule has 21 heavy (non-hydrogen) atoms. The molecule has 1 aliphatic rings. The minimum absolute atomic E-state index is 0.428. The van der Waals surface area contributed by atoms with Crippen LogP contribution in [0.25, 0.3) is 0 Å². The normalized spacial score (nSPS) is 21.7. The first-order valence-electron chi connectivity index (χ1n) is 8.29. The molecule has 3 nitrogen and oxygen atoms in total. The van der Waals surface area contributed by atoms with E-state index in [1.165, 1.54) is 37.1 Å². The van der Waals surface area contributed by atoms with Gasteiger partial charge in [-0.3, -0.25) is 4.90 Å². The molecule has 2 rings (SSSR count). The lowest BCUT2D eigenvalue weighted by atomic mass is 10.0. The van der Waals surface area contributed by atoms with E-state index in [1.54, 1.807) is 0 Å². The predicted molar refractivity (Wildman–Crippen MR) is 90.8 cm³/mol. The van der Waals surface area contributed by atoms with Gasteiger partial charge in [-0.05, 0) is 58.1 Å². The highest BCUT2D eigenvalue weighted by Gasteiger charge is 2.23. The molecule has 0 bridgehead atoms. The Labute approximate surface area is 130 Å². The monoisotopic (exact) mass is 289 g/mol. The summed E-state index contributed by atoms with van der Waals surface area (Å²) in [6.45, 7) is 5.74. The maximum atomic E-state index is 3.49. The van der Waals surface area contributed by atoms with Crippen LogP contribution in [0.4, 0.5) is 0 Å². The smallest absolute Gasteiger partial charge is 0.0446 e. The second-order valence-corrected chi connectivity index (χ2v) is 6.46. The third kappa shape index (κ3) is 4.53. The molecule has 1 heterocycles. The van der Waals surface area contributed by atoms with E-state index in [2.05, 4.69) is 67.4 Å². The highest BCUT2D eigenvalue weighted by Crippen LogP contribution is 2.19. The van der Waals surface area contributed by atoms with Crippen molar-refractivity contribution in [2.45, 2.75) is 38.3 Å². The van der Waals surface area contributed by atoms with Crippen molar-refractivity contribution in [3.05, 3.63) is 35.4 Å². The first-order chi connectivity index (χ1) is 10.1. The van der Waals surface area contributed by atoms with Gasteiger partial charge < -0.3 is 10.2 Å². The largest absolute Gasteiger partial charge is 0.312 e. The molecule has 0 radical (unpaired) electrons. The fourth-order valence-corrected chi connectivity index (χ4v) is 3.23. The molecule has 1 aromatic carbocycles. The zero-order valence-electron chi connectivity index (χ0n) is 14.1. The minimum atomic E-state index is 0.428. The molecule has 2 unspecified atom stereocenters. The molecule has 1 aromatic rings. The first-order valence-corrected chi connectivity index (χ1v) is 8.29. The van der Waals surface area contributed by atoms with Crippen molar-refractivity contribution in [3.8, 4) is 0 Å². The predicted octanol–water partition coefficient (Wildman–Crippen LogP) is 2.54. The van der Waals surface area contributed by atoms with Crippen molar-refractivity contribution in [3.63, 3.8) is 0 Å². The number of nitrogens with zero attached hydrogens (tertiary/aromatic N) is 2. The molecule has 2 atom stereocenters. The third-order valence-electron chi connectivity index (χ3n) is 4.79. The Kier molecular flexibility index (Phi) is 6.22. The highest BCUT2D eigenvalue weighted by atomic mass is 15.2. The van der Waals surface area contributed by atoms with Gasteiger partial charge in [0.2, 0.25) is 0 Å². The minimum Gasteiger partial charge on any atom is -0.312 e. The number of benzene rings is 1.